The van der Waals surface area contributed by atoms with Gasteiger partial charge in [0.15, 0.2) is 0 Å². The molecule has 0 aliphatic heterocycles. The van der Waals surface area contributed by atoms with Crippen LogP contribution in [0.25, 0.3) is 0 Å². The molecule has 1 heterocycles. The molecule has 0 spiro atoms. The van der Waals surface area contributed by atoms with Crippen molar-refractivity contribution in [3.8, 4) is 0 Å². The van der Waals surface area contributed by atoms with Gasteiger partial charge in [-0.3, -0.25) is 4.98 Å². The number of allylic oxidation sites excluding steroid dienone is 1. The van der Waals surface area contributed by atoms with Gasteiger partial charge < -0.3 is 21.7 Å². The molecule has 2 rings (SSSR count). The fourth-order valence-electron chi connectivity index (χ4n) is 2.23. The number of benzene rings is 1. The first-order valence-electron chi connectivity index (χ1n) is 8.74. The number of nitrogens with one attached hydrogen (secondary N) is 3. The number of hydrogen-bond donors (Lipinski definition) is 4. The van der Waals surface area contributed by atoms with Crippen molar-refractivity contribution in [1.82, 2.24) is 4.98 Å². The summed E-state index contributed by atoms with van der Waals surface area (Å²) in [6, 6.07) is 8.97. The van der Waals surface area contributed by atoms with E-state index in [0.29, 0.717) is 17.3 Å². The van der Waals surface area contributed by atoms with Crippen molar-refractivity contribution in [2.24, 2.45) is 11.7 Å². The molecule has 0 aliphatic rings. The van der Waals surface area contributed by atoms with Crippen LogP contribution >= 0.6 is 0 Å². The monoisotopic (exact) mass is 353 g/mol. The molecule has 0 saturated carbocycles. The predicted octanol–water partition coefficient (Wildman–Crippen LogP) is 4.68. The van der Waals surface area contributed by atoms with Crippen LogP contribution in [-0.2, 0) is 0 Å². The van der Waals surface area contributed by atoms with Gasteiger partial charge in [0.05, 0.1) is 11.9 Å². The van der Waals surface area contributed by atoms with Gasteiger partial charge in [-0.1, -0.05) is 13.8 Å². The van der Waals surface area contributed by atoms with Crippen molar-refractivity contribution in [2.45, 2.75) is 33.6 Å². The van der Waals surface area contributed by atoms with E-state index in [1.165, 1.54) is 0 Å². The van der Waals surface area contributed by atoms with Crippen molar-refractivity contribution < 1.29 is 4.79 Å². The number of pyridine rings is 1. The summed E-state index contributed by atoms with van der Waals surface area (Å²) >= 11 is 0. The summed E-state index contributed by atoms with van der Waals surface area (Å²) in [6.07, 6.45) is 7.07. The minimum Gasteiger partial charge on any atom is -0.401 e. The van der Waals surface area contributed by atoms with E-state index < -0.39 is 0 Å². The van der Waals surface area contributed by atoms with Crippen molar-refractivity contribution in [3.63, 3.8) is 0 Å². The lowest BCUT2D eigenvalue weighted by atomic mass is 10.1. The Morgan fingerprint density at radius 2 is 1.85 bits per heavy atom. The number of carbonyl (C=O) groups is 1. The number of aromatic nitrogens is 1. The summed E-state index contributed by atoms with van der Waals surface area (Å²) < 4.78 is 0. The summed E-state index contributed by atoms with van der Waals surface area (Å²) in [4.78, 5) is 16.1. The van der Waals surface area contributed by atoms with Crippen molar-refractivity contribution in [3.05, 3.63) is 60.2 Å². The summed E-state index contributed by atoms with van der Waals surface area (Å²) in [7, 11) is 0. The maximum atomic E-state index is 12.1. The van der Waals surface area contributed by atoms with Crippen LogP contribution in [0.15, 0.2) is 54.6 Å². The van der Waals surface area contributed by atoms with E-state index in [4.69, 9.17) is 5.73 Å². The van der Waals surface area contributed by atoms with E-state index in [0.717, 1.165) is 29.8 Å². The third-order valence-corrected chi connectivity index (χ3v) is 3.86. The molecule has 0 radical (unpaired) electrons. The Morgan fingerprint density at radius 3 is 2.50 bits per heavy atom. The van der Waals surface area contributed by atoms with Gasteiger partial charge in [-0.25, -0.2) is 4.79 Å². The lowest BCUT2D eigenvalue weighted by molar-refractivity contribution is 0.262. The van der Waals surface area contributed by atoms with Crippen molar-refractivity contribution >= 4 is 23.1 Å². The molecule has 2 aromatic rings. The number of amides is 2. The second kappa shape index (κ2) is 9.46. The summed E-state index contributed by atoms with van der Waals surface area (Å²) in [5, 5.41) is 8.75. The Labute approximate surface area is 154 Å². The minimum atomic E-state index is -0.306. The normalized spacial score (nSPS) is 11.3. The molecule has 0 aliphatic carbocycles. The second-order valence-corrected chi connectivity index (χ2v) is 6.64. The Hall–Kier alpha value is -3.02. The Morgan fingerprint density at radius 1 is 1.15 bits per heavy atom. The number of nitrogens with two attached hydrogens (primary N) is 1. The highest BCUT2D eigenvalue weighted by Gasteiger charge is 2.05. The van der Waals surface area contributed by atoms with Gasteiger partial charge in [0.1, 0.15) is 0 Å². The number of aryl methyl sites for hydroxylation is 1. The maximum Gasteiger partial charge on any atom is 0.323 e. The molecule has 0 fully saturated rings. The van der Waals surface area contributed by atoms with Gasteiger partial charge in [0, 0.05) is 29.5 Å². The molecule has 6 nitrogen and oxygen atoms in total. The number of urea groups is 1. The molecule has 2 amide bonds. The smallest absolute Gasteiger partial charge is 0.323 e. The first-order chi connectivity index (χ1) is 12.4. The first kappa shape index (κ1) is 19.3. The van der Waals surface area contributed by atoms with Gasteiger partial charge in [-0.15, -0.1) is 0 Å². The fourth-order valence-corrected chi connectivity index (χ4v) is 2.23. The largest absolute Gasteiger partial charge is 0.401 e. The predicted molar refractivity (Wildman–Crippen MR) is 108 cm³/mol. The van der Waals surface area contributed by atoms with Gasteiger partial charge in [-0.05, 0) is 61.6 Å². The van der Waals surface area contributed by atoms with E-state index in [2.05, 4.69) is 34.8 Å². The zero-order valence-electron chi connectivity index (χ0n) is 15.5. The highest BCUT2D eigenvalue weighted by Crippen LogP contribution is 2.16. The van der Waals surface area contributed by atoms with E-state index in [-0.39, 0.29) is 6.03 Å². The van der Waals surface area contributed by atoms with Crippen LogP contribution in [0, 0.1) is 12.8 Å². The van der Waals surface area contributed by atoms with E-state index in [1.807, 2.05) is 43.5 Å². The highest BCUT2D eigenvalue weighted by atomic mass is 16.2. The molecule has 1 aromatic heterocycles. The van der Waals surface area contributed by atoms with Crippen molar-refractivity contribution in [2.75, 3.05) is 16.0 Å². The molecule has 6 heteroatoms. The van der Waals surface area contributed by atoms with E-state index in [1.54, 1.807) is 12.4 Å². The van der Waals surface area contributed by atoms with Gasteiger partial charge >= 0.3 is 6.03 Å². The SMILES string of the molecule is Cc1ccncc1NC(=O)Nc1ccc(N/C=C(\N)CCC(C)C)cc1. The minimum absolute atomic E-state index is 0.306. The van der Waals surface area contributed by atoms with E-state index in [9.17, 15) is 4.79 Å². The molecule has 26 heavy (non-hydrogen) atoms. The molecule has 0 bridgehead atoms. The van der Waals surface area contributed by atoms with Crippen LogP contribution in [0.4, 0.5) is 21.9 Å². The molecule has 5 N–H and O–H groups in total. The molecular formula is C20H27N5O. The average Bonchev–Trinajstić information content (AvgIpc) is 2.61. The molecule has 0 saturated heterocycles. The third-order valence-electron chi connectivity index (χ3n) is 3.86. The number of anilines is 3. The maximum absolute atomic E-state index is 12.1. The number of rotatable bonds is 7. The average molecular weight is 353 g/mol. The standard InChI is InChI=1S/C20H27N5O/c1-14(2)4-5-16(21)12-23-17-6-8-18(9-7-17)24-20(26)25-19-13-22-11-10-15(19)3/h6-14,23H,4-5,21H2,1-3H3,(H2,24,25,26)/b16-12-. The number of hydrogen-bond acceptors (Lipinski definition) is 4. The lowest BCUT2D eigenvalue weighted by Gasteiger charge is -2.10. The third kappa shape index (κ3) is 6.47. The van der Waals surface area contributed by atoms with Crippen LogP contribution in [0.3, 0.4) is 0 Å². The Balaban J connectivity index is 1.86. The van der Waals surface area contributed by atoms with Crippen LogP contribution in [0.2, 0.25) is 0 Å². The summed E-state index contributed by atoms with van der Waals surface area (Å²) in [6.45, 7) is 6.27. The Kier molecular flexibility index (Phi) is 7.02. The van der Waals surface area contributed by atoms with Crippen LogP contribution in [0.1, 0.15) is 32.3 Å². The molecule has 138 valence electrons. The second-order valence-electron chi connectivity index (χ2n) is 6.64. The van der Waals surface area contributed by atoms with Crippen LogP contribution in [0.5, 0.6) is 0 Å². The Bertz CT molecular complexity index is 753. The number of nitrogens with zero attached hydrogens (tertiary/aromatic N) is 1. The quantitative estimate of drug-likeness (QED) is 0.581. The highest BCUT2D eigenvalue weighted by molar-refractivity contribution is 6.00. The molecule has 1 aromatic carbocycles. The first-order valence-corrected chi connectivity index (χ1v) is 8.74. The van der Waals surface area contributed by atoms with E-state index >= 15 is 0 Å². The fraction of sp³-hybridized carbons (Fsp3) is 0.300. The molecule has 0 atom stereocenters. The van der Waals surface area contributed by atoms with Gasteiger partial charge in [0.25, 0.3) is 0 Å². The number of carbonyl (C=O) groups excluding carboxylic acids is 1. The molecule has 0 unspecified atom stereocenters. The summed E-state index contributed by atoms with van der Waals surface area (Å²) in [5.74, 6) is 0.633. The molecular weight excluding hydrogens is 326 g/mol. The lowest BCUT2D eigenvalue weighted by Crippen LogP contribution is -2.20. The van der Waals surface area contributed by atoms with Gasteiger partial charge in [0.2, 0.25) is 0 Å². The van der Waals surface area contributed by atoms with Gasteiger partial charge in [-0.2, -0.15) is 0 Å². The van der Waals surface area contributed by atoms with Crippen molar-refractivity contribution in [1.29, 1.82) is 0 Å². The summed E-state index contributed by atoms with van der Waals surface area (Å²) in [5.41, 5.74) is 10.1. The zero-order chi connectivity index (χ0) is 18.9. The zero-order valence-corrected chi connectivity index (χ0v) is 15.5. The van der Waals surface area contributed by atoms with Crippen LogP contribution in [-0.4, -0.2) is 11.0 Å². The van der Waals surface area contributed by atoms with Crippen LogP contribution < -0.4 is 21.7 Å². The topological polar surface area (TPSA) is 92.1 Å².